The second-order valence-electron chi connectivity index (χ2n) is 5.67. The summed E-state index contributed by atoms with van der Waals surface area (Å²) >= 11 is 0. The summed E-state index contributed by atoms with van der Waals surface area (Å²) in [4.78, 5) is 0. The highest BCUT2D eigenvalue weighted by atomic mass is 16.5. The smallest absolute Gasteiger partial charge is 0.0833 e. The highest BCUT2D eigenvalue weighted by Gasteiger charge is 2.23. The lowest BCUT2D eigenvalue weighted by Gasteiger charge is -2.29. The number of hydrogen-bond donors (Lipinski definition) is 2. The lowest BCUT2D eigenvalue weighted by atomic mass is 9.89. The monoisotopic (exact) mass is 218 g/mol. The maximum Gasteiger partial charge on any atom is 0.0833 e. The molecule has 0 heterocycles. The highest BCUT2D eigenvalue weighted by molar-refractivity contribution is 4.71. The van der Waals surface area contributed by atoms with Crippen molar-refractivity contribution in [1.82, 2.24) is 0 Å². The van der Waals surface area contributed by atoms with Crippen molar-refractivity contribution in [2.45, 2.75) is 53.2 Å². The third kappa shape index (κ3) is 6.88. The van der Waals surface area contributed by atoms with Crippen LogP contribution >= 0.6 is 0 Å². The van der Waals surface area contributed by atoms with E-state index in [0.29, 0.717) is 0 Å². The van der Waals surface area contributed by atoms with E-state index in [2.05, 4.69) is 20.8 Å². The van der Waals surface area contributed by atoms with Gasteiger partial charge in [0.05, 0.1) is 25.4 Å². The van der Waals surface area contributed by atoms with Gasteiger partial charge in [-0.25, -0.2) is 0 Å². The van der Waals surface area contributed by atoms with Crippen molar-refractivity contribution in [3.05, 3.63) is 0 Å². The summed E-state index contributed by atoms with van der Waals surface area (Å²) < 4.78 is 5.69. The van der Waals surface area contributed by atoms with E-state index in [4.69, 9.17) is 9.84 Å². The molecule has 3 nitrogen and oxygen atoms in total. The molecule has 0 aliphatic heterocycles. The first-order chi connectivity index (χ1) is 6.80. The Hall–Kier alpha value is -0.120. The molecule has 0 spiro atoms. The molecule has 3 heteroatoms. The van der Waals surface area contributed by atoms with E-state index in [1.165, 1.54) is 0 Å². The molecule has 0 rings (SSSR count). The molecule has 0 aromatic carbocycles. The molecule has 0 aromatic heterocycles. The van der Waals surface area contributed by atoms with E-state index >= 15 is 0 Å². The third-order valence-corrected chi connectivity index (χ3v) is 2.33. The predicted octanol–water partition coefficient (Wildman–Crippen LogP) is 1.82. The summed E-state index contributed by atoms with van der Waals surface area (Å²) in [5.74, 6) is 0.268. The van der Waals surface area contributed by atoms with E-state index in [1.807, 2.05) is 13.8 Å². The van der Waals surface area contributed by atoms with Crippen LogP contribution in [-0.2, 0) is 4.74 Å². The van der Waals surface area contributed by atoms with E-state index in [9.17, 15) is 5.11 Å². The van der Waals surface area contributed by atoms with Crippen molar-refractivity contribution in [2.75, 3.05) is 13.2 Å². The van der Waals surface area contributed by atoms with Crippen LogP contribution in [0.2, 0.25) is 0 Å². The Morgan fingerprint density at radius 3 is 1.87 bits per heavy atom. The molecule has 0 fully saturated rings. The second-order valence-corrected chi connectivity index (χ2v) is 5.67. The van der Waals surface area contributed by atoms with Crippen LogP contribution in [0.25, 0.3) is 0 Å². The lowest BCUT2D eigenvalue weighted by Crippen LogP contribution is -2.33. The fourth-order valence-electron chi connectivity index (χ4n) is 1.50. The fourth-order valence-corrected chi connectivity index (χ4v) is 1.50. The molecule has 0 radical (unpaired) electrons. The molecule has 0 aliphatic carbocycles. The van der Waals surface area contributed by atoms with E-state index in [1.54, 1.807) is 0 Å². The van der Waals surface area contributed by atoms with E-state index < -0.39 is 0 Å². The quantitative estimate of drug-likeness (QED) is 0.715. The summed E-state index contributed by atoms with van der Waals surface area (Å²) in [6.07, 6.45) is 0.446. The number of aliphatic hydroxyl groups is 2. The first-order valence-electron chi connectivity index (χ1n) is 5.67. The fraction of sp³-hybridized carbons (Fsp3) is 1.00. The van der Waals surface area contributed by atoms with E-state index in [-0.39, 0.29) is 36.8 Å². The van der Waals surface area contributed by atoms with Crippen LogP contribution in [0, 0.1) is 11.3 Å². The normalized spacial score (nSPS) is 16.8. The van der Waals surface area contributed by atoms with Gasteiger partial charge >= 0.3 is 0 Å². The van der Waals surface area contributed by atoms with Crippen LogP contribution in [0.4, 0.5) is 0 Å². The van der Waals surface area contributed by atoms with Crippen molar-refractivity contribution in [2.24, 2.45) is 11.3 Å². The van der Waals surface area contributed by atoms with Gasteiger partial charge in [-0.3, -0.25) is 0 Å². The molecular formula is C12H26O3. The molecule has 0 amide bonds. The van der Waals surface area contributed by atoms with Gasteiger partial charge in [-0.1, -0.05) is 34.6 Å². The molecule has 2 atom stereocenters. The first-order valence-corrected chi connectivity index (χ1v) is 5.67. The topological polar surface area (TPSA) is 49.7 Å². The van der Waals surface area contributed by atoms with Crippen molar-refractivity contribution in [1.29, 1.82) is 0 Å². The van der Waals surface area contributed by atoms with Gasteiger partial charge in [0.25, 0.3) is 0 Å². The minimum absolute atomic E-state index is 0.0122. The van der Waals surface area contributed by atoms with E-state index in [0.717, 1.165) is 6.42 Å². The second kappa shape index (κ2) is 6.46. The summed E-state index contributed by atoms with van der Waals surface area (Å²) in [6.45, 7) is 10.4. The van der Waals surface area contributed by atoms with Crippen LogP contribution in [0.1, 0.15) is 41.0 Å². The van der Waals surface area contributed by atoms with Gasteiger partial charge in [-0.05, 0) is 17.8 Å². The third-order valence-electron chi connectivity index (χ3n) is 2.33. The molecular weight excluding hydrogens is 192 g/mol. The molecule has 0 saturated heterocycles. The van der Waals surface area contributed by atoms with Crippen LogP contribution in [0.5, 0.6) is 0 Å². The zero-order valence-corrected chi connectivity index (χ0v) is 10.7. The SMILES string of the molecule is CC(C)C(CO)OC(CO)CC(C)(C)C. The number of aliphatic hydroxyl groups excluding tert-OH is 2. The van der Waals surface area contributed by atoms with Crippen molar-refractivity contribution < 1.29 is 14.9 Å². The van der Waals surface area contributed by atoms with Gasteiger partial charge in [0.2, 0.25) is 0 Å². The Kier molecular flexibility index (Phi) is 6.41. The summed E-state index contributed by atoms with van der Waals surface area (Å²) in [5, 5.41) is 18.3. The Morgan fingerprint density at radius 2 is 1.60 bits per heavy atom. The average molecular weight is 218 g/mol. The highest BCUT2D eigenvalue weighted by Crippen LogP contribution is 2.23. The van der Waals surface area contributed by atoms with Crippen molar-refractivity contribution >= 4 is 0 Å². The lowest BCUT2D eigenvalue weighted by molar-refractivity contribution is -0.0911. The Bertz CT molecular complexity index is 161. The van der Waals surface area contributed by atoms with Gasteiger partial charge < -0.3 is 14.9 Å². The summed E-state index contributed by atoms with van der Waals surface area (Å²) in [7, 11) is 0. The standard InChI is InChI=1S/C12H26O3/c1-9(2)11(8-14)15-10(7-13)6-12(3,4)5/h9-11,13-14H,6-8H2,1-5H3. The zero-order chi connectivity index (χ0) is 12.1. The molecule has 2 unspecified atom stereocenters. The summed E-state index contributed by atoms with van der Waals surface area (Å²) in [6, 6.07) is 0. The minimum Gasteiger partial charge on any atom is -0.394 e. The Morgan fingerprint density at radius 1 is 1.07 bits per heavy atom. The molecule has 15 heavy (non-hydrogen) atoms. The van der Waals surface area contributed by atoms with Gasteiger partial charge in [0.15, 0.2) is 0 Å². The largest absolute Gasteiger partial charge is 0.394 e. The molecule has 0 bridgehead atoms. The number of rotatable bonds is 6. The minimum atomic E-state index is -0.176. The molecule has 0 aliphatic rings. The maximum absolute atomic E-state index is 9.21. The molecule has 0 aromatic rings. The van der Waals surface area contributed by atoms with Gasteiger partial charge in [0.1, 0.15) is 0 Å². The van der Waals surface area contributed by atoms with Gasteiger partial charge in [-0.15, -0.1) is 0 Å². The van der Waals surface area contributed by atoms with Crippen molar-refractivity contribution in [3.63, 3.8) is 0 Å². The number of ether oxygens (including phenoxy) is 1. The number of hydrogen-bond acceptors (Lipinski definition) is 3. The average Bonchev–Trinajstić information content (AvgIpc) is 2.09. The summed E-state index contributed by atoms with van der Waals surface area (Å²) in [5.41, 5.74) is 0.129. The van der Waals surface area contributed by atoms with Crippen LogP contribution in [0.15, 0.2) is 0 Å². The first kappa shape index (κ1) is 14.9. The molecule has 92 valence electrons. The Labute approximate surface area is 93.5 Å². The molecule has 0 saturated carbocycles. The molecule has 2 N–H and O–H groups in total. The maximum atomic E-state index is 9.21. The Balaban J connectivity index is 4.19. The van der Waals surface area contributed by atoms with Crippen LogP contribution in [0.3, 0.4) is 0 Å². The van der Waals surface area contributed by atoms with Gasteiger partial charge in [-0.2, -0.15) is 0 Å². The zero-order valence-electron chi connectivity index (χ0n) is 10.7. The predicted molar refractivity (Wildman–Crippen MR) is 61.7 cm³/mol. The van der Waals surface area contributed by atoms with Gasteiger partial charge in [0, 0.05) is 0 Å². The van der Waals surface area contributed by atoms with Crippen LogP contribution in [-0.4, -0.2) is 35.6 Å². The van der Waals surface area contributed by atoms with Crippen LogP contribution < -0.4 is 0 Å². The van der Waals surface area contributed by atoms with Crippen molar-refractivity contribution in [3.8, 4) is 0 Å².